The minimum Gasteiger partial charge on any atom is -0.496 e. The topological polar surface area (TPSA) is 56.8 Å². The maximum Gasteiger partial charge on any atom is 0.244 e. The fourth-order valence-electron chi connectivity index (χ4n) is 2.43. The van der Waals surface area contributed by atoms with Gasteiger partial charge in [0.25, 0.3) is 0 Å². The molecule has 138 valence electrons. The van der Waals surface area contributed by atoms with Crippen LogP contribution >= 0.6 is 15.9 Å². The van der Waals surface area contributed by atoms with Crippen LogP contribution in [-0.4, -0.2) is 27.2 Å². The summed E-state index contributed by atoms with van der Waals surface area (Å²) in [4.78, 5) is 12.2. The van der Waals surface area contributed by atoms with Crippen LogP contribution in [0, 0.1) is 0 Å². The van der Waals surface area contributed by atoms with Crippen molar-refractivity contribution in [3.8, 4) is 17.2 Å². The van der Waals surface area contributed by atoms with E-state index in [0.29, 0.717) is 11.5 Å². The van der Waals surface area contributed by atoms with Gasteiger partial charge in [0.15, 0.2) is 11.5 Å². The van der Waals surface area contributed by atoms with E-state index in [9.17, 15) is 4.79 Å². The third-order valence-electron chi connectivity index (χ3n) is 3.87. The summed E-state index contributed by atoms with van der Waals surface area (Å²) >= 11 is 3.45. The fraction of sp³-hybridized carbons (Fsp3) is 0.250. The molecule has 6 heteroatoms. The van der Waals surface area contributed by atoms with Crippen LogP contribution in [0.3, 0.4) is 0 Å². The van der Waals surface area contributed by atoms with E-state index in [-0.39, 0.29) is 11.9 Å². The molecule has 1 atom stereocenters. The highest BCUT2D eigenvalue weighted by Gasteiger charge is 2.10. The molecule has 0 spiro atoms. The average molecular weight is 420 g/mol. The molecule has 0 saturated heterocycles. The van der Waals surface area contributed by atoms with Crippen LogP contribution in [0.1, 0.15) is 24.1 Å². The van der Waals surface area contributed by atoms with E-state index < -0.39 is 0 Å². The van der Waals surface area contributed by atoms with E-state index in [1.54, 1.807) is 33.5 Å². The molecular weight excluding hydrogens is 398 g/mol. The maximum atomic E-state index is 12.2. The summed E-state index contributed by atoms with van der Waals surface area (Å²) in [6.07, 6.45) is 3.23. The predicted octanol–water partition coefficient (Wildman–Crippen LogP) is 4.37. The molecule has 0 aliphatic carbocycles. The molecule has 26 heavy (non-hydrogen) atoms. The van der Waals surface area contributed by atoms with Crippen LogP contribution in [0.5, 0.6) is 17.2 Å². The van der Waals surface area contributed by atoms with Gasteiger partial charge in [-0.25, -0.2) is 0 Å². The number of amides is 1. The summed E-state index contributed by atoms with van der Waals surface area (Å²) in [5.74, 6) is 1.83. The van der Waals surface area contributed by atoms with Crippen molar-refractivity contribution in [3.63, 3.8) is 0 Å². The largest absolute Gasteiger partial charge is 0.496 e. The van der Waals surface area contributed by atoms with Crippen molar-refractivity contribution < 1.29 is 19.0 Å². The number of hydrogen-bond donors (Lipinski definition) is 1. The molecule has 0 heterocycles. The molecule has 0 aromatic heterocycles. The average Bonchev–Trinajstić information content (AvgIpc) is 2.65. The van der Waals surface area contributed by atoms with Crippen molar-refractivity contribution in [1.82, 2.24) is 5.32 Å². The van der Waals surface area contributed by atoms with Gasteiger partial charge in [-0.15, -0.1) is 0 Å². The lowest BCUT2D eigenvalue weighted by Gasteiger charge is -2.14. The molecule has 2 aromatic rings. The van der Waals surface area contributed by atoms with Gasteiger partial charge in [0.1, 0.15) is 5.75 Å². The van der Waals surface area contributed by atoms with Crippen molar-refractivity contribution in [2.45, 2.75) is 13.0 Å². The molecule has 1 N–H and O–H groups in total. The molecular formula is C20H22BrNO4. The second-order valence-electron chi connectivity index (χ2n) is 5.57. The first-order chi connectivity index (χ1) is 12.5. The quantitative estimate of drug-likeness (QED) is 0.677. The minimum absolute atomic E-state index is 0.139. The Bertz CT molecular complexity index is 804. The van der Waals surface area contributed by atoms with Gasteiger partial charge in [-0.2, -0.15) is 0 Å². The zero-order valence-corrected chi connectivity index (χ0v) is 16.8. The first-order valence-electron chi connectivity index (χ1n) is 8.02. The van der Waals surface area contributed by atoms with E-state index >= 15 is 0 Å². The normalized spacial score (nSPS) is 11.9. The zero-order chi connectivity index (χ0) is 19.1. The zero-order valence-electron chi connectivity index (χ0n) is 15.2. The Balaban J connectivity index is 2.03. The number of nitrogens with one attached hydrogen (secondary N) is 1. The van der Waals surface area contributed by atoms with Crippen LogP contribution in [0.15, 0.2) is 46.9 Å². The number of carbonyl (C=O) groups is 1. The Morgan fingerprint density at radius 1 is 1.00 bits per heavy atom. The van der Waals surface area contributed by atoms with Crippen LogP contribution in [0.2, 0.25) is 0 Å². The number of hydrogen-bond acceptors (Lipinski definition) is 4. The highest BCUT2D eigenvalue weighted by Crippen LogP contribution is 2.29. The minimum atomic E-state index is -0.181. The van der Waals surface area contributed by atoms with E-state index in [4.69, 9.17) is 14.2 Å². The van der Waals surface area contributed by atoms with Crippen LogP contribution in [0.25, 0.3) is 6.08 Å². The van der Waals surface area contributed by atoms with Gasteiger partial charge in [-0.1, -0.05) is 12.1 Å². The number of carbonyl (C=O) groups excluding carboxylic acids is 1. The highest BCUT2D eigenvalue weighted by molar-refractivity contribution is 9.10. The molecule has 0 radical (unpaired) electrons. The Labute approximate surface area is 162 Å². The first kappa shape index (κ1) is 19.8. The van der Waals surface area contributed by atoms with Gasteiger partial charge >= 0.3 is 0 Å². The number of halogens is 1. The summed E-state index contributed by atoms with van der Waals surface area (Å²) < 4.78 is 16.5. The fourth-order valence-corrected chi connectivity index (χ4v) is 2.98. The van der Waals surface area contributed by atoms with E-state index in [1.165, 1.54) is 6.08 Å². The smallest absolute Gasteiger partial charge is 0.244 e. The van der Waals surface area contributed by atoms with Crippen molar-refractivity contribution in [2.75, 3.05) is 21.3 Å². The molecule has 0 aliphatic heterocycles. The van der Waals surface area contributed by atoms with Crippen LogP contribution in [-0.2, 0) is 4.79 Å². The van der Waals surface area contributed by atoms with Gasteiger partial charge in [0.2, 0.25) is 5.91 Å². The summed E-state index contributed by atoms with van der Waals surface area (Å²) in [5, 5.41) is 2.94. The molecule has 2 rings (SSSR count). The van der Waals surface area contributed by atoms with Gasteiger partial charge in [-0.3, -0.25) is 4.79 Å². The monoisotopic (exact) mass is 419 g/mol. The van der Waals surface area contributed by atoms with Crippen LogP contribution in [0.4, 0.5) is 0 Å². The van der Waals surface area contributed by atoms with Gasteiger partial charge < -0.3 is 19.5 Å². The van der Waals surface area contributed by atoms with E-state index in [2.05, 4.69) is 21.2 Å². The Morgan fingerprint density at radius 3 is 2.27 bits per heavy atom. The maximum absolute atomic E-state index is 12.2. The van der Waals surface area contributed by atoms with Gasteiger partial charge in [0.05, 0.1) is 31.8 Å². The van der Waals surface area contributed by atoms with Crippen molar-refractivity contribution in [1.29, 1.82) is 0 Å². The summed E-state index contributed by atoms with van der Waals surface area (Å²) in [6, 6.07) is 11.0. The molecule has 5 nitrogen and oxygen atoms in total. The van der Waals surface area contributed by atoms with Gasteiger partial charge in [-0.05, 0) is 64.3 Å². The summed E-state index contributed by atoms with van der Waals surface area (Å²) in [5.41, 5.74) is 1.82. The number of methoxy groups -OCH3 is 3. The number of ether oxygens (including phenoxy) is 3. The molecule has 0 saturated carbocycles. The molecule has 0 fully saturated rings. The standard InChI is InChI=1S/C20H22BrNO4/c1-13(15-7-9-17(24-2)16(21)12-15)22-20(23)10-6-14-5-8-18(25-3)19(11-14)26-4/h5-13H,1-4H3,(H,22,23)/b10-6+/t13-/m0/s1. The third-order valence-corrected chi connectivity index (χ3v) is 4.49. The molecule has 0 aliphatic rings. The Kier molecular flexibility index (Phi) is 7.09. The molecule has 2 aromatic carbocycles. The number of benzene rings is 2. The lowest BCUT2D eigenvalue weighted by atomic mass is 10.1. The van der Waals surface area contributed by atoms with E-state index in [1.807, 2.05) is 37.3 Å². The van der Waals surface area contributed by atoms with E-state index in [0.717, 1.165) is 21.3 Å². The second kappa shape index (κ2) is 9.29. The van der Waals surface area contributed by atoms with Crippen molar-refractivity contribution in [3.05, 3.63) is 58.1 Å². The predicted molar refractivity (Wildman–Crippen MR) is 106 cm³/mol. The number of rotatable bonds is 7. The highest BCUT2D eigenvalue weighted by atomic mass is 79.9. The second-order valence-corrected chi connectivity index (χ2v) is 6.43. The molecule has 0 bridgehead atoms. The molecule has 1 amide bonds. The lowest BCUT2D eigenvalue weighted by Crippen LogP contribution is -2.24. The first-order valence-corrected chi connectivity index (χ1v) is 8.81. The van der Waals surface area contributed by atoms with Crippen molar-refractivity contribution in [2.24, 2.45) is 0 Å². The summed E-state index contributed by atoms with van der Waals surface area (Å²) in [6.45, 7) is 1.93. The van der Waals surface area contributed by atoms with Gasteiger partial charge in [0, 0.05) is 6.08 Å². The Morgan fingerprint density at radius 2 is 1.65 bits per heavy atom. The SMILES string of the molecule is COc1ccc([C@H](C)NC(=O)/C=C/c2ccc(OC)c(OC)c2)cc1Br. The molecule has 0 unspecified atom stereocenters. The lowest BCUT2D eigenvalue weighted by molar-refractivity contribution is -0.117. The Hall–Kier alpha value is -2.47. The van der Waals surface area contributed by atoms with Crippen molar-refractivity contribution >= 4 is 27.9 Å². The summed E-state index contributed by atoms with van der Waals surface area (Å²) in [7, 11) is 4.77. The third kappa shape index (κ3) is 5.02. The van der Waals surface area contributed by atoms with Crippen LogP contribution < -0.4 is 19.5 Å².